The molecule has 0 radical (unpaired) electrons. The molecule has 0 fully saturated rings. The van der Waals surface area contributed by atoms with Crippen LogP contribution in [-0.2, 0) is 24.8 Å². The van der Waals surface area contributed by atoms with E-state index in [1.54, 1.807) is 6.08 Å². The van der Waals surface area contributed by atoms with Crippen LogP contribution in [0.5, 0.6) is 0 Å². The van der Waals surface area contributed by atoms with Gasteiger partial charge in [-0.3, -0.25) is 19.8 Å². The molecule has 0 aromatic heterocycles. The van der Waals surface area contributed by atoms with Crippen molar-refractivity contribution in [1.82, 2.24) is 0 Å². The topological polar surface area (TPSA) is 196 Å². The van der Waals surface area contributed by atoms with Gasteiger partial charge < -0.3 is 5.32 Å². The SMILES string of the molecule is NS(=O)(=O)c1ccc(NC2=C[C@@H](c3ccc([N+](=O)[O-])cc3)N(c3ccc(S(N)(=O)=O)cc3)C2=O)cc1. The normalized spacial score (nSPS) is 16.1. The largest absolute Gasteiger partial charge is 0.351 e. The van der Waals surface area contributed by atoms with Crippen molar-refractivity contribution in [2.45, 2.75) is 15.8 Å². The molecule has 0 spiro atoms. The molecule has 0 aliphatic carbocycles. The van der Waals surface area contributed by atoms with Gasteiger partial charge in [-0.1, -0.05) is 0 Å². The van der Waals surface area contributed by atoms with Crippen LogP contribution in [0.2, 0.25) is 0 Å². The van der Waals surface area contributed by atoms with Crippen LogP contribution in [0.1, 0.15) is 11.6 Å². The van der Waals surface area contributed by atoms with Crippen LogP contribution in [0, 0.1) is 10.1 Å². The fraction of sp³-hybridized carbons (Fsp3) is 0.0455. The lowest BCUT2D eigenvalue weighted by atomic mass is 10.1. The smallest absolute Gasteiger partial charge is 0.275 e. The first-order valence-electron chi connectivity index (χ1n) is 10.2. The minimum Gasteiger partial charge on any atom is -0.351 e. The Morgan fingerprint density at radius 1 is 0.806 bits per heavy atom. The van der Waals surface area contributed by atoms with Gasteiger partial charge >= 0.3 is 0 Å². The van der Waals surface area contributed by atoms with E-state index in [2.05, 4.69) is 5.32 Å². The summed E-state index contributed by atoms with van der Waals surface area (Å²) in [7, 11) is -7.83. The van der Waals surface area contributed by atoms with Crippen molar-refractivity contribution in [3.8, 4) is 0 Å². The van der Waals surface area contributed by atoms with E-state index >= 15 is 0 Å². The number of nitrogens with zero attached hydrogens (tertiary/aromatic N) is 2. The summed E-state index contributed by atoms with van der Waals surface area (Å²) in [5, 5.41) is 24.3. The van der Waals surface area contributed by atoms with Gasteiger partial charge in [-0.15, -0.1) is 0 Å². The number of anilines is 2. The number of carbonyl (C=O) groups is 1. The van der Waals surface area contributed by atoms with Crippen LogP contribution in [0.3, 0.4) is 0 Å². The second-order valence-corrected chi connectivity index (χ2v) is 10.9. The molecule has 186 valence electrons. The molecule has 1 amide bonds. The van der Waals surface area contributed by atoms with Gasteiger partial charge in [-0.05, 0) is 72.3 Å². The van der Waals surface area contributed by atoms with E-state index in [1.165, 1.54) is 77.7 Å². The third-order valence-electron chi connectivity index (χ3n) is 5.40. The maximum absolute atomic E-state index is 13.4. The molecular weight excluding hydrogens is 510 g/mol. The van der Waals surface area contributed by atoms with Crippen molar-refractivity contribution in [1.29, 1.82) is 0 Å². The van der Waals surface area contributed by atoms with Gasteiger partial charge in [0.15, 0.2) is 0 Å². The lowest BCUT2D eigenvalue weighted by Gasteiger charge is -2.25. The van der Waals surface area contributed by atoms with Crippen molar-refractivity contribution in [3.63, 3.8) is 0 Å². The predicted octanol–water partition coefficient (Wildman–Crippen LogP) is 1.97. The number of rotatable bonds is 7. The highest BCUT2D eigenvalue weighted by Crippen LogP contribution is 2.37. The average molecular weight is 530 g/mol. The lowest BCUT2D eigenvalue weighted by Crippen LogP contribution is -2.30. The van der Waals surface area contributed by atoms with Crippen LogP contribution < -0.4 is 20.5 Å². The molecule has 0 saturated heterocycles. The maximum atomic E-state index is 13.4. The molecule has 36 heavy (non-hydrogen) atoms. The van der Waals surface area contributed by atoms with Gasteiger partial charge in [-0.2, -0.15) is 0 Å². The molecule has 1 atom stereocenters. The summed E-state index contributed by atoms with van der Waals surface area (Å²) in [6.45, 7) is 0. The van der Waals surface area contributed by atoms with Crippen LogP contribution in [0.4, 0.5) is 17.1 Å². The molecular formula is C22H19N5O7S2. The molecule has 14 heteroatoms. The number of hydrogen-bond acceptors (Lipinski definition) is 8. The van der Waals surface area contributed by atoms with Crippen LogP contribution in [0.25, 0.3) is 0 Å². The Kier molecular flexibility index (Phi) is 6.36. The first-order valence-corrected chi connectivity index (χ1v) is 13.3. The third-order valence-corrected chi connectivity index (χ3v) is 7.26. The Bertz CT molecular complexity index is 1580. The van der Waals surface area contributed by atoms with E-state index in [9.17, 15) is 31.7 Å². The standard InChI is InChI=1S/C22H19N5O7S2/c23-35(31,32)18-9-3-15(4-10-18)25-20-13-21(14-1-5-17(6-2-14)27(29)30)26(22(20)28)16-7-11-19(12-8-16)36(24,33)34/h1-13,21,25H,(H2,23,31,32)(H2,24,33,34)/t21-/m0/s1. The van der Waals surface area contributed by atoms with E-state index < -0.39 is 36.9 Å². The highest BCUT2D eigenvalue weighted by molar-refractivity contribution is 7.89. The minimum absolute atomic E-state index is 0.0971. The summed E-state index contributed by atoms with van der Waals surface area (Å²) in [6, 6.07) is 15.8. The number of hydrogen-bond donors (Lipinski definition) is 3. The summed E-state index contributed by atoms with van der Waals surface area (Å²) >= 11 is 0. The van der Waals surface area contributed by atoms with Gasteiger partial charge in [0.2, 0.25) is 20.0 Å². The number of benzene rings is 3. The highest BCUT2D eigenvalue weighted by Gasteiger charge is 2.35. The fourth-order valence-corrected chi connectivity index (χ4v) is 4.68. The molecule has 3 aromatic rings. The van der Waals surface area contributed by atoms with Crippen LogP contribution >= 0.6 is 0 Å². The number of primary sulfonamides is 2. The van der Waals surface area contributed by atoms with E-state index in [0.29, 0.717) is 16.9 Å². The summed E-state index contributed by atoms with van der Waals surface area (Å²) in [5.74, 6) is -0.475. The van der Waals surface area contributed by atoms with E-state index in [-0.39, 0.29) is 21.2 Å². The first-order chi connectivity index (χ1) is 16.8. The summed E-state index contributed by atoms with van der Waals surface area (Å²) in [4.78, 5) is 25.1. The van der Waals surface area contributed by atoms with Gasteiger partial charge in [0.1, 0.15) is 5.70 Å². The number of nitro groups is 1. The van der Waals surface area contributed by atoms with Crippen molar-refractivity contribution in [3.05, 3.63) is 100 Å². The van der Waals surface area contributed by atoms with Crippen molar-refractivity contribution in [2.24, 2.45) is 10.3 Å². The van der Waals surface area contributed by atoms with E-state index in [0.717, 1.165) is 0 Å². The van der Waals surface area contributed by atoms with Gasteiger partial charge in [0.05, 0.1) is 20.8 Å². The molecule has 1 heterocycles. The number of sulfonamides is 2. The fourth-order valence-electron chi connectivity index (χ4n) is 3.65. The average Bonchev–Trinajstić information content (AvgIpc) is 3.14. The lowest BCUT2D eigenvalue weighted by molar-refractivity contribution is -0.384. The molecule has 3 aromatic carbocycles. The summed E-state index contributed by atoms with van der Waals surface area (Å²) in [5.41, 5.74) is 1.36. The van der Waals surface area contributed by atoms with Gasteiger partial charge in [0, 0.05) is 23.5 Å². The van der Waals surface area contributed by atoms with Crippen molar-refractivity contribution >= 4 is 43.0 Å². The summed E-state index contributed by atoms with van der Waals surface area (Å²) < 4.78 is 46.2. The number of nitrogens with two attached hydrogens (primary N) is 2. The van der Waals surface area contributed by atoms with Gasteiger partial charge in [-0.25, -0.2) is 27.1 Å². The Labute approximate surface area is 206 Å². The molecule has 5 N–H and O–H groups in total. The zero-order valence-corrected chi connectivity index (χ0v) is 19.9. The molecule has 0 unspecified atom stereocenters. The first kappa shape index (κ1) is 25.0. The predicted molar refractivity (Wildman–Crippen MR) is 131 cm³/mol. The van der Waals surface area contributed by atoms with Crippen molar-refractivity contribution < 1.29 is 26.6 Å². The number of non-ortho nitro benzene ring substituents is 1. The highest BCUT2D eigenvalue weighted by atomic mass is 32.2. The van der Waals surface area contributed by atoms with Crippen LogP contribution in [0.15, 0.2) is 94.4 Å². The monoisotopic (exact) mass is 529 g/mol. The molecule has 12 nitrogen and oxygen atoms in total. The Morgan fingerprint density at radius 3 is 1.78 bits per heavy atom. The zero-order valence-electron chi connectivity index (χ0n) is 18.3. The summed E-state index contributed by atoms with van der Waals surface area (Å²) in [6.07, 6.45) is 1.60. The van der Waals surface area contributed by atoms with Crippen molar-refractivity contribution in [2.75, 3.05) is 10.2 Å². The molecule has 1 aliphatic heterocycles. The van der Waals surface area contributed by atoms with E-state index in [4.69, 9.17) is 10.3 Å². The molecule has 0 bridgehead atoms. The maximum Gasteiger partial charge on any atom is 0.275 e. The Hall–Kier alpha value is -4.11. The molecule has 4 rings (SSSR count). The minimum atomic E-state index is -3.95. The molecule has 0 saturated carbocycles. The number of carbonyl (C=O) groups excluding carboxylic acids is 1. The number of nitro benzene ring substituents is 1. The van der Waals surface area contributed by atoms with Gasteiger partial charge in [0.25, 0.3) is 11.6 Å². The molecule has 1 aliphatic rings. The Balaban J connectivity index is 1.71. The zero-order chi connectivity index (χ0) is 26.3. The second-order valence-electron chi connectivity index (χ2n) is 7.78. The third kappa shape index (κ3) is 5.11. The second kappa shape index (κ2) is 9.16. The Morgan fingerprint density at radius 2 is 1.31 bits per heavy atom. The quantitative estimate of drug-likeness (QED) is 0.305. The number of nitrogens with one attached hydrogen (secondary N) is 1. The number of amides is 1. The van der Waals surface area contributed by atoms with E-state index in [1.807, 2.05) is 0 Å². The van der Waals surface area contributed by atoms with Crippen LogP contribution in [-0.4, -0.2) is 27.7 Å².